The van der Waals surface area contributed by atoms with Gasteiger partial charge in [0, 0.05) is 25.2 Å². The number of hydrogen-bond donors (Lipinski definition) is 1. The van der Waals surface area contributed by atoms with E-state index in [1.807, 2.05) is 44.4 Å². The lowest BCUT2D eigenvalue weighted by atomic mass is 9.93. The Labute approximate surface area is 181 Å². The number of Topliss-reactive ketones (excluding diaryl/α,β-unsaturated/α-hetero) is 1. The van der Waals surface area contributed by atoms with Crippen molar-refractivity contribution < 1.29 is 19.1 Å². The van der Waals surface area contributed by atoms with Crippen molar-refractivity contribution in [1.29, 1.82) is 0 Å². The Balaban J connectivity index is 1.64. The van der Waals surface area contributed by atoms with Gasteiger partial charge in [-0.2, -0.15) is 0 Å². The van der Waals surface area contributed by atoms with Gasteiger partial charge in [-0.05, 0) is 54.1 Å². The Morgan fingerprint density at radius 2 is 2.03 bits per heavy atom. The normalized spacial score (nSPS) is 18.6. The SMILES string of the molecule is CCC1COc2cc(O[C@H](C3=CCN(C)C=C3)c3ccc(C(N)=O)cc3)ccc2C1=O. The van der Waals surface area contributed by atoms with Crippen molar-refractivity contribution in [2.45, 2.75) is 19.4 Å². The molecule has 1 unspecified atom stereocenters. The molecule has 4 rings (SSSR count). The number of hydrogen-bond acceptors (Lipinski definition) is 5. The molecule has 2 aromatic rings. The number of fused-ring (bicyclic) bond motifs is 1. The van der Waals surface area contributed by atoms with Crippen LogP contribution in [0.1, 0.15) is 45.7 Å². The highest BCUT2D eigenvalue weighted by Gasteiger charge is 2.28. The van der Waals surface area contributed by atoms with E-state index in [0.717, 1.165) is 24.1 Å². The molecule has 2 heterocycles. The van der Waals surface area contributed by atoms with E-state index >= 15 is 0 Å². The average molecular weight is 418 g/mol. The van der Waals surface area contributed by atoms with Crippen LogP contribution in [0.2, 0.25) is 0 Å². The van der Waals surface area contributed by atoms with Crippen molar-refractivity contribution in [3.8, 4) is 11.5 Å². The largest absolute Gasteiger partial charge is 0.492 e. The minimum Gasteiger partial charge on any atom is -0.492 e. The molecular weight excluding hydrogens is 392 g/mol. The van der Waals surface area contributed by atoms with Gasteiger partial charge in [-0.1, -0.05) is 25.1 Å². The van der Waals surface area contributed by atoms with Crippen molar-refractivity contribution in [2.75, 3.05) is 20.2 Å². The predicted octanol–water partition coefficient (Wildman–Crippen LogP) is 3.89. The number of primary amides is 1. The van der Waals surface area contributed by atoms with Gasteiger partial charge in [-0.3, -0.25) is 9.59 Å². The molecule has 0 bridgehead atoms. The number of ketones is 1. The van der Waals surface area contributed by atoms with Crippen molar-refractivity contribution >= 4 is 11.7 Å². The van der Waals surface area contributed by atoms with E-state index in [1.54, 1.807) is 24.3 Å². The molecule has 0 saturated carbocycles. The van der Waals surface area contributed by atoms with E-state index in [4.69, 9.17) is 15.2 Å². The van der Waals surface area contributed by atoms with Crippen LogP contribution in [0.4, 0.5) is 0 Å². The van der Waals surface area contributed by atoms with Crippen LogP contribution in [-0.4, -0.2) is 36.8 Å². The number of carbonyl (C=O) groups is 2. The number of amides is 1. The first kappa shape index (κ1) is 20.7. The van der Waals surface area contributed by atoms with Crippen LogP contribution >= 0.6 is 0 Å². The third kappa shape index (κ3) is 4.33. The fraction of sp³-hybridized carbons (Fsp3) is 0.280. The third-order valence-electron chi connectivity index (χ3n) is 5.71. The fourth-order valence-corrected chi connectivity index (χ4v) is 3.76. The summed E-state index contributed by atoms with van der Waals surface area (Å²) in [6.07, 6.45) is 6.50. The second kappa shape index (κ2) is 8.68. The minimum absolute atomic E-state index is 0.0923. The Kier molecular flexibility index (Phi) is 5.80. The molecule has 0 aromatic heterocycles. The summed E-state index contributed by atoms with van der Waals surface area (Å²) in [5.41, 5.74) is 8.33. The topological polar surface area (TPSA) is 81.9 Å². The summed E-state index contributed by atoms with van der Waals surface area (Å²) in [4.78, 5) is 26.1. The molecule has 2 atom stereocenters. The van der Waals surface area contributed by atoms with Gasteiger partial charge in [-0.15, -0.1) is 0 Å². The van der Waals surface area contributed by atoms with Gasteiger partial charge in [0.1, 0.15) is 17.6 Å². The van der Waals surface area contributed by atoms with Gasteiger partial charge in [0.2, 0.25) is 5.91 Å². The van der Waals surface area contributed by atoms with Crippen molar-refractivity contribution in [1.82, 2.24) is 4.90 Å². The van der Waals surface area contributed by atoms with Crippen LogP contribution in [0, 0.1) is 5.92 Å². The van der Waals surface area contributed by atoms with Gasteiger partial charge in [0.25, 0.3) is 0 Å². The number of ether oxygens (including phenoxy) is 2. The maximum absolute atomic E-state index is 12.6. The molecule has 0 fully saturated rings. The van der Waals surface area contributed by atoms with Crippen LogP contribution in [-0.2, 0) is 0 Å². The van der Waals surface area contributed by atoms with E-state index in [2.05, 4.69) is 11.0 Å². The van der Waals surface area contributed by atoms with Crippen molar-refractivity contribution in [2.24, 2.45) is 11.7 Å². The van der Waals surface area contributed by atoms with Gasteiger partial charge in [-0.25, -0.2) is 0 Å². The van der Waals surface area contributed by atoms with E-state index in [9.17, 15) is 9.59 Å². The standard InChI is InChI=1S/C25H26N2O4/c1-3-16-15-30-22-14-20(8-9-21(22)23(16)28)31-24(18-10-12-27(2)13-11-18)17-4-6-19(7-5-17)25(26)29/h4-12,14,16,24H,3,13,15H2,1-2H3,(H2,26,29)/t16?,24-/m0/s1. The number of nitrogens with zero attached hydrogens (tertiary/aromatic N) is 1. The summed E-state index contributed by atoms with van der Waals surface area (Å²) in [6, 6.07) is 12.5. The first-order valence-corrected chi connectivity index (χ1v) is 10.4. The molecular formula is C25H26N2O4. The van der Waals surface area contributed by atoms with Crippen LogP contribution in [0.5, 0.6) is 11.5 Å². The first-order valence-electron chi connectivity index (χ1n) is 10.4. The number of nitrogens with two attached hydrogens (primary N) is 1. The highest BCUT2D eigenvalue weighted by atomic mass is 16.5. The van der Waals surface area contributed by atoms with Crippen LogP contribution in [0.25, 0.3) is 0 Å². The van der Waals surface area contributed by atoms with Crippen LogP contribution in [0.3, 0.4) is 0 Å². The minimum atomic E-state index is -0.468. The molecule has 6 heteroatoms. The number of benzene rings is 2. The van der Waals surface area contributed by atoms with Crippen LogP contribution in [0.15, 0.2) is 66.4 Å². The maximum atomic E-state index is 12.6. The summed E-state index contributed by atoms with van der Waals surface area (Å²) in [5.74, 6) is 0.728. The molecule has 6 nitrogen and oxygen atoms in total. The Hall–Kier alpha value is -3.54. The van der Waals surface area contributed by atoms with Crippen LogP contribution < -0.4 is 15.2 Å². The summed E-state index contributed by atoms with van der Waals surface area (Å²) in [7, 11) is 2.00. The average Bonchev–Trinajstić information content (AvgIpc) is 2.78. The number of rotatable bonds is 6. The molecule has 2 aliphatic heterocycles. The lowest BCUT2D eigenvalue weighted by Gasteiger charge is -2.27. The van der Waals surface area contributed by atoms with Crippen molar-refractivity contribution in [3.63, 3.8) is 0 Å². The first-order chi connectivity index (χ1) is 15.0. The quantitative estimate of drug-likeness (QED) is 0.770. The lowest BCUT2D eigenvalue weighted by molar-refractivity contribution is 0.0825. The number of carbonyl (C=O) groups excluding carboxylic acids is 2. The lowest BCUT2D eigenvalue weighted by Crippen LogP contribution is -2.27. The summed E-state index contributed by atoms with van der Waals surface area (Å²) in [6.45, 7) is 3.15. The third-order valence-corrected chi connectivity index (χ3v) is 5.71. The van der Waals surface area contributed by atoms with Crippen molar-refractivity contribution in [3.05, 3.63) is 83.1 Å². The molecule has 0 radical (unpaired) electrons. The van der Waals surface area contributed by atoms with E-state index in [-0.39, 0.29) is 17.8 Å². The molecule has 160 valence electrons. The van der Waals surface area contributed by atoms with Gasteiger partial charge < -0.3 is 20.1 Å². The zero-order chi connectivity index (χ0) is 22.0. The monoisotopic (exact) mass is 418 g/mol. The Bertz CT molecular complexity index is 1060. The molecule has 0 saturated heterocycles. The second-order valence-corrected chi connectivity index (χ2v) is 7.88. The Morgan fingerprint density at radius 1 is 1.26 bits per heavy atom. The number of likely N-dealkylation sites (N-methyl/N-ethyl adjacent to an activating group) is 1. The highest BCUT2D eigenvalue weighted by Crippen LogP contribution is 2.36. The maximum Gasteiger partial charge on any atom is 0.248 e. The molecule has 31 heavy (non-hydrogen) atoms. The summed E-state index contributed by atoms with van der Waals surface area (Å²) >= 11 is 0. The smallest absolute Gasteiger partial charge is 0.248 e. The summed E-state index contributed by atoms with van der Waals surface area (Å²) < 4.78 is 12.2. The van der Waals surface area contributed by atoms with Gasteiger partial charge >= 0.3 is 0 Å². The van der Waals surface area contributed by atoms with Gasteiger partial charge in [0.05, 0.1) is 18.1 Å². The zero-order valence-electron chi connectivity index (χ0n) is 17.7. The van der Waals surface area contributed by atoms with E-state index in [1.165, 1.54) is 0 Å². The molecule has 0 spiro atoms. The highest BCUT2D eigenvalue weighted by molar-refractivity contribution is 6.01. The molecule has 1 amide bonds. The molecule has 2 aliphatic rings. The molecule has 2 aromatic carbocycles. The zero-order valence-corrected chi connectivity index (χ0v) is 17.7. The molecule has 0 aliphatic carbocycles. The summed E-state index contributed by atoms with van der Waals surface area (Å²) in [5, 5.41) is 0. The predicted molar refractivity (Wildman–Crippen MR) is 118 cm³/mol. The van der Waals surface area contributed by atoms with E-state index < -0.39 is 5.91 Å². The van der Waals surface area contributed by atoms with E-state index in [0.29, 0.717) is 29.2 Å². The second-order valence-electron chi connectivity index (χ2n) is 7.88. The molecule has 2 N–H and O–H groups in total. The fourth-order valence-electron chi connectivity index (χ4n) is 3.76. The Morgan fingerprint density at radius 3 is 2.68 bits per heavy atom. The van der Waals surface area contributed by atoms with Gasteiger partial charge in [0.15, 0.2) is 5.78 Å².